The number of ether oxygens (including phenoxy) is 2. The largest absolute Gasteiger partial charge is 0.497 e. The molecular weight excluding hydrogens is 475 g/mol. The molecule has 9 heteroatoms. The number of hydrogen-bond donors (Lipinski definition) is 2. The summed E-state index contributed by atoms with van der Waals surface area (Å²) in [5, 5.41) is 8.35. The van der Waals surface area contributed by atoms with Crippen molar-refractivity contribution >= 4 is 41.3 Å². The van der Waals surface area contributed by atoms with Crippen LogP contribution in [0, 0.1) is 0 Å². The van der Waals surface area contributed by atoms with Gasteiger partial charge in [0.1, 0.15) is 11.5 Å². The molecule has 0 aliphatic rings. The lowest BCUT2D eigenvalue weighted by molar-refractivity contribution is -0.0505. The van der Waals surface area contributed by atoms with E-state index in [0.717, 1.165) is 0 Å². The quantitative estimate of drug-likeness (QED) is 0.326. The van der Waals surface area contributed by atoms with Gasteiger partial charge in [0.05, 0.1) is 20.2 Å². The minimum absolute atomic E-state index is 0. The fourth-order valence-electron chi connectivity index (χ4n) is 2.09. The molecule has 0 amide bonds. The van der Waals surface area contributed by atoms with E-state index >= 15 is 0 Å². The number of benzene rings is 1. The maximum Gasteiger partial charge on any atom is 0.387 e. The van der Waals surface area contributed by atoms with Crippen molar-refractivity contribution in [3.8, 4) is 11.5 Å². The number of rotatable bonds is 8. The second-order valence-electron chi connectivity index (χ2n) is 4.98. The molecule has 0 aliphatic carbocycles. The smallest absolute Gasteiger partial charge is 0.387 e. The third-order valence-electron chi connectivity index (χ3n) is 3.25. The highest BCUT2D eigenvalue weighted by Gasteiger charge is 2.11. The van der Waals surface area contributed by atoms with E-state index in [0.29, 0.717) is 30.4 Å². The Morgan fingerprint density at radius 3 is 2.69 bits per heavy atom. The second kappa shape index (κ2) is 11.9. The van der Waals surface area contributed by atoms with Crippen molar-refractivity contribution in [3.05, 3.63) is 46.2 Å². The first-order valence-electron chi connectivity index (χ1n) is 7.78. The van der Waals surface area contributed by atoms with Crippen molar-refractivity contribution in [1.29, 1.82) is 0 Å². The van der Waals surface area contributed by atoms with Crippen LogP contribution >= 0.6 is 35.3 Å². The zero-order valence-electron chi connectivity index (χ0n) is 14.5. The number of nitrogens with zero attached hydrogens (tertiary/aromatic N) is 1. The van der Waals surface area contributed by atoms with Crippen molar-refractivity contribution < 1.29 is 18.3 Å². The molecule has 0 saturated heterocycles. The number of methoxy groups -OCH3 is 1. The van der Waals surface area contributed by atoms with Crippen molar-refractivity contribution in [1.82, 2.24) is 10.6 Å². The summed E-state index contributed by atoms with van der Waals surface area (Å²) in [6.45, 7) is 0.596. The highest BCUT2D eigenvalue weighted by atomic mass is 127. The SMILES string of the molecule is CCNC(=NCc1ccc(OC)cc1OC(F)F)NCc1cccs1.I. The lowest BCUT2D eigenvalue weighted by Gasteiger charge is -2.13. The average Bonchev–Trinajstić information content (AvgIpc) is 3.11. The van der Waals surface area contributed by atoms with E-state index in [2.05, 4.69) is 20.4 Å². The standard InChI is InChI=1S/C17H21F2N3O2S.HI/c1-3-20-17(22-11-14-5-4-8-25-14)21-10-12-6-7-13(23-2)9-15(12)24-16(18)19;/h4-9,16H,3,10-11H2,1-2H3,(H2,20,21,22);1H. The molecule has 2 rings (SSSR count). The Morgan fingerprint density at radius 2 is 2.08 bits per heavy atom. The minimum Gasteiger partial charge on any atom is -0.497 e. The average molecular weight is 497 g/mol. The predicted molar refractivity (Wildman–Crippen MR) is 111 cm³/mol. The van der Waals surface area contributed by atoms with Gasteiger partial charge in [-0.25, -0.2) is 4.99 Å². The molecule has 0 saturated carbocycles. The van der Waals surface area contributed by atoms with Crippen LogP contribution in [0.25, 0.3) is 0 Å². The van der Waals surface area contributed by atoms with Crippen LogP contribution in [0.15, 0.2) is 40.7 Å². The van der Waals surface area contributed by atoms with Gasteiger partial charge in [-0.2, -0.15) is 8.78 Å². The number of aliphatic imine (C=N–C) groups is 1. The summed E-state index contributed by atoms with van der Waals surface area (Å²) in [7, 11) is 1.47. The molecule has 0 atom stereocenters. The number of alkyl halides is 2. The summed E-state index contributed by atoms with van der Waals surface area (Å²) in [6.07, 6.45) is 0. The van der Waals surface area contributed by atoms with Crippen LogP contribution in [0.5, 0.6) is 11.5 Å². The van der Waals surface area contributed by atoms with Crippen molar-refractivity contribution in [2.45, 2.75) is 26.6 Å². The van der Waals surface area contributed by atoms with Gasteiger partial charge in [0.15, 0.2) is 5.96 Å². The Kier molecular flexibility index (Phi) is 10.3. The maximum atomic E-state index is 12.6. The van der Waals surface area contributed by atoms with Gasteiger partial charge in [0.25, 0.3) is 0 Å². The van der Waals surface area contributed by atoms with E-state index < -0.39 is 6.61 Å². The summed E-state index contributed by atoms with van der Waals surface area (Å²) in [5.74, 6) is 1.12. The van der Waals surface area contributed by atoms with Gasteiger partial charge in [-0.1, -0.05) is 6.07 Å². The van der Waals surface area contributed by atoms with E-state index in [9.17, 15) is 8.78 Å². The van der Waals surface area contributed by atoms with Crippen LogP contribution in [0.4, 0.5) is 8.78 Å². The Labute approximate surface area is 172 Å². The van der Waals surface area contributed by atoms with Crippen LogP contribution in [0.1, 0.15) is 17.4 Å². The monoisotopic (exact) mass is 497 g/mol. The van der Waals surface area contributed by atoms with Gasteiger partial charge in [-0.15, -0.1) is 35.3 Å². The first-order chi connectivity index (χ1) is 12.1. The Morgan fingerprint density at radius 1 is 1.27 bits per heavy atom. The molecule has 0 fully saturated rings. The van der Waals surface area contributed by atoms with Crippen molar-refractivity contribution in [2.24, 2.45) is 4.99 Å². The first kappa shape index (κ1) is 22.4. The fourth-order valence-corrected chi connectivity index (χ4v) is 2.73. The van der Waals surface area contributed by atoms with Crippen molar-refractivity contribution in [2.75, 3.05) is 13.7 Å². The van der Waals surface area contributed by atoms with E-state index in [1.165, 1.54) is 18.1 Å². The lowest BCUT2D eigenvalue weighted by atomic mass is 10.2. The number of halogens is 3. The van der Waals surface area contributed by atoms with Gasteiger partial charge in [0, 0.05) is 23.1 Å². The molecule has 0 aliphatic heterocycles. The third kappa shape index (κ3) is 7.32. The molecule has 0 unspecified atom stereocenters. The predicted octanol–water partition coefficient (Wildman–Crippen LogP) is 4.23. The molecule has 1 aromatic carbocycles. The number of hydrogen-bond acceptors (Lipinski definition) is 4. The Bertz CT molecular complexity index is 685. The van der Waals surface area contributed by atoms with E-state index in [-0.39, 0.29) is 36.3 Å². The van der Waals surface area contributed by atoms with E-state index in [4.69, 9.17) is 4.74 Å². The third-order valence-corrected chi connectivity index (χ3v) is 4.13. The Hall–Kier alpha value is -1.62. The summed E-state index contributed by atoms with van der Waals surface area (Å²) in [6, 6.07) is 8.80. The van der Waals surface area contributed by atoms with Gasteiger partial charge >= 0.3 is 6.61 Å². The first-order valence-corrected chi connectivity index (χ1v) is 8.66. The molecule has 0 spiro atoms. The Balaban J connectivity index is 0.00000338. The highest BCUT2D eigenvalue weighted by molar-refractivity contribution is 14.0. The summed E-state index contributed by atoms with van der Waals surface area (Å²) in [4.78, 5) is 5.62. The molecular formula is C17H22F2IN3O2S. The molecule has 2 N–H and O–H groups in total. The topological polar surface area (TPSA) is 54.9 Å². The van der Waals surface area contributed by atoms with Gasteiger partial charge < -0.3 is 20.1 Å². The molecule has 1 heterocycles. The fraction of sp³-hybridized carbons (Fsp3) is 0.353. The molecule has 144 valence electrons. The molecule has 0 bridgehead atoms. The van der Waals surface area contributed by atoms with Gasteiger partial charge in [-0.3, -0.25) is 0 Å². The number of guanidine groups is 1. The van der Waals surface area contributed by atoms with Crippen LogP contribution in [0.2, 0.25) is 0 Å². The summed E-state index contributed by atoms with van der Waals surface area (Å²) in [5.41, 5.74) is 0.550. The van der Waals surface area contributed by atoms with Gasteiger partial charge in [0.2, 0.25) is 0 Å². The van der Waals surface area contributed by atoms with E-state index in [1.54, 1.807) is 23.5 Å². The lowest BCUT2D eigenvalue weighted by Crippen LogP contribution is -2.36. The van der Waals surface area contributed by atoms with Crippen LogP contribution < -0.4 is 20.1 Å². The van der Waals surface area contributed by atoms with Crippen LogP contribution in [-0.4, -0.2) is 26.2 Å². The molecule has 2 aromatic rings. The minimum atomic E-state index is -2.90. The molecule has 0 radical (unpaired) electrons. The zero-order chi connectivity index (χ0) is 18.1. The molecule has 1 aromatic heterocycles. The second-order valence-corrected chi connectivity index (χ2v) is 6.01. The van der Waals surface area contributed by atoms with Crippen LogP contribution in [0.3, 0.4) is 0 Å². The number of nitrogens with one attached hydrogen (secondary N) is 2. The highest BCUT2D eigenvalue weighted by Crippen LogP contribution is 2.27. The molecule has 5 nitrogen and oxygen atoms in total. The number of thiophene rings is 1. The summed E-state index contributed by atoms with van der Waals surface area (Å²) >= 11 is 1.65. The van der Waals surface area contributed by atoms with Crippen molar-refractivity contribution in [3.63, 3.8) is 0 Å². The summed E-state index contributed by atoms with van der Waals surface area (Å²) < 4.78 is 34.9. The van der Waals surface area contributed by atoms with E-state index in [1.807, 2.05) is 24.4 Å². The normalized spacial score (nSPS) is 11.0. The van der Waals surface area contributed by atoms with Crippen LogP contribution in [-0.2, 0) is 13.1 Å². The van der Waals surface area contributed by atoms with Gasteiger partial charge in [-0.05, 0) is 30.5 Å². The molecule has 26 heavy (non-hydrogen) atoms. The maximum absolute atomic E-state index is 12.6. The zero-order valence-corrected chi connectivity index (χ0v) is 17.6.